The minimum absolute atomic E-state index is 0.129. The molecule has 7 heteroatoms. The Kier molecular flexibility index (Phi) is 5.21. The molecule has 0 N–H and O–H groups in total. The summed E-state index contributed by atoms with van der Waals surface area (Å²) in [6, 6.07) is 5.67. The summed E-state index contributed by atoms with van der Waals surface area (Å²) in [4.78, 5) is 16.7. The third kappa shape index (κ3) is 4.49. The van der Waals surface area contributed by atoms with Gasteiger partial charge in [0.1, 0.15) is 5.75 Å². The van der Waals surface area contributed by atoms with Crippen molar-refractivity contribution in [1.29, 1.82) is 0 Å². The molecule has 0 atom stereocenters. The van der Waals surface area contributed by atoms with Gasteiger partial charge in [-0.2, -0.15) is 0 Å². The second kappa shape index (κ2) is 7.12. The van der Waals surface area contributed by atoms with Crippen molar-refractivity contribution in [3.05, 3.63) is 47.0 Å². The molecule has 0 aliphatic carbocycles. The molecule has 1 heterocycles. The first-order chi connectivity index (χ1) is 10.1. The summed E-state index contributed by atoms with van der Waals surface area (Å²) in [6.07, 6.45) is 4.88. The molecule has 2 rings (SSSR count). The first-order valence-corrected chi connectivity index (χ1v) is 7.06. The highest BCUT2D eigenvalue weighted by Gasteiger charge is 2.08. The molecule has 0 aliphatic rings. The van der Waals surface area contributed by atoms with E-state index >= 15 is 0 Å². The average molecular weight is 354 g/mol. The van der Waals surface area contributed by atoms with E-state index in [2.05, 4.69) is 20.9 Å². The number of rotatable bonds is 5. The molecule has 112 valence electrons. The third-order valence-corrected chi connectivity index (χ3v) is 3.19. The predicted molar refractivity (Wildman–Crippen MR) is 81.1 cm³/mol. The van der Waals surface area contributed by atoms with Crippen LogP contribution < -0.4 is 4.74 Å². The Bertz CT molecular complexity index is 600. The zero-order valence-corrected chi connectivity index (χ0v) is 13.4. The average Bonchev–Trinajstić information content (AvgIpc) is 2.94. The van der Waals surface area contributed by atoms with Gasteiger partial charge in [0.15, 0.2) is 0 Å². The second-order valence-corrected chi connectivity index (χ2v) is 5.47. The largest absolute Gasteiger partial charge is 0.457 e. The summed E-state index contributed by atoms with van der Waals surface area (Å²) in [6.45, 7) is 0.492. The Balaban J connectivity index is 2.03. The van der Waals surface area contributed by atoms with Crippen LogP contribution in [0.3, 0.4) is 0 Å². The van der Waals surface area contributed by atoms with Gasteiger partial charge < -0.3 is 18.9 Å². The van der Waals surface area contributed by atoms with Crippen LogP contribution in [0.5, 0.6) is 5.75 Å². The van der Waals surface area contributed by atoms with Crippen molar-refractivity contribution < 1.29 is 14.3 Å². The highest BCUT2D eigenvalue weighted by Crippen LogP contribution is 2.24. The topological polar surface area (TPSA) is 56.6 Å². The van der Waals surface area contributed by atoms with Crippen molar-refractivity contribution in [3.8, 4) is 5.75 Å². The van der Waals surface area contributed by atoms with Crippen molar-refractivity contribution in [2.24, 2.45) is 0 Å². The lowest BCUT2D eigenvalue weighted by molar-refractivity contribution is 0.0427. The van der Waals surface area contributed by atoms with E-state index in [0.717, 1.165) is 10.0 Å². The Hall–Kier alpha value is -2.02. The van der Waals surface area contributed by atoms with Crippen LogP contribution in [-0.4, -0.2) is 41.4 Å². The van der Waals surface area contributed by atoms with Crippen LogP contribution >= 0.6 is 15.9 Å². The lowest BCUT2D eigenvalue weighted by Crippen LogP contribution is -2.24. The summed E-state index contributed by atoms with van der Waals surface area (Å²) < 4.78 is 13.4. The van der Waals surface area contributed by atoms with Crippen LogP contribution in [-0.2, 0) is 11.3 Å². The maximum atomic E-state index is 11.3. The Morgan fingerprint density at radius 2 is 2.24 bits per heavy atom. The minimum atomic E-state index is -0.441. The Morgan fingerprint density at radius 1 is 1.43 bits per heavy atom. The monoisotopic (exact) mass is 353 g/mol. The van der Waals surface area contributed by atoms with E-state index in [1.807, 2.05) is 29.0 Å². The van der Waals surface area contributed by atoms with E-state index in [4.69, 9.17) is 9.47 Å². The zero-order chi connectivity index (χ0) is 15.2. The number of hydrogen-bond donors (Lipinski definition) is 0. The molecule has 1 amide bonds. The summed E-state index contributed by atoms with van der Waals surface area (Å²) >= 11 is 3.44. The van der Waals surface area contributed by atoms with Crippen molar-refractivity contribution in [3.63, 3.8) is 0 Å². The molecule has 0 spiro atoms. The number of carbonyl (C=O) groups excluding carboxylic acids is 1. The van der Waals surface area contributed by atoms with E-state index in [1.165, 1.54) is 4.90 Å². The van der Waals surface area contributed by atoms with E-state index < -0.39 is 6.09 Å². The molecule has 0 bridgehead atoms. The molecular formula is C14H16BrN3O3. The molecule has 0 aliphatic heterocycles. The summed E-state index contributed by atoms with van der Waals surface area (Å²) in [7, 11) is 3.23. The predicted octanol–water partition coefficient (Wildman–Crippen LogP) is 2.73. The van der Waals surface area contributed by atoms with E-state index in [-0.39, 0.29) is 6.79 Å². The van der Waals surface area contributed by atoms with Gasteiger partial charge in [-0.3, -0.25) is 0 Å². The Labute approximate surface area is 131 Å². The molecular weight excluding hydrogens is 338 g/mol. The zero-order valence-electron chi connectivity index (χ0n) is 11.8. The minimum Gasteiger partial charge on any atom is -0.457 e. The molecule has 0 fully saturated rings. The molecule has 0 unspecified atom stereocenters. The van der Waals surface area contributed by atoms with Crippen molar-refractivity contribution in [2.45, 2.75) is 6.54 Å². The maximum absolute atomic E-state index is 11.3. The van der Waals surface area contributed by atoms with E-state index in [1.54, 1.807) is 26.6 Å². The summed E-state index contributed by atoms with van der Waals surface area (Å²) in [5, 5.41) is 0. The quantitative estimate of drug-likeness (QED) is 0.775. The molecule has 1 aromatic carbocycles. The molecule has 1 aromatic heterocycles. The highest BCUT2D eigenvalue weighted by molar-refractivity contribution is 9.10. The molecule has 6 nitrogen and oxygen atoms in total. The third-order valence-electron chi connectivity index (χ3n) is 2.70. The van der Waals surface area contributed by atoms with Gasteiger partial charge in [0.05, 0.1) is 12.9 Å². The molecule has 0 radical (unpaired) electrons. The van der Waals surface area contributed by atoms with Crippen LogP contribution in [0.15, 0.2) is 41.4 Å². The van der Waals surface area contributed by atoms with Gasteiger partial charge in [-0.05, 0) is 18.2 Å². The fraction of sp³-hybridized carbons (Fsp3) is 0.286. The van der Waals surface area contributed by atoms with Crippen LogP contribution in [0, 0.1) is 0 Å². The van der Waals surface area contributed by atoms with Gasteiger partial charge >= 0.3 is 6.09 Å². The van der Waals surface area contributed by atoms with Gasteiger partial charge in [-0.1, -0.05) is 15.9 Å². The summed E-state index contributed by atoms with van der Waals surface area (Å²) in [5.41, 5.74) is 0.961. The van der Waals surface area contributed by atoms with Crippen molar-refractivity contribution >= 4 is 22.0 Å². The van der Waals surface area contributed by atoms with E-state index in [9.17, 15) is 4.79 Å². The summed E-state index contributed by atoms with van der Waals surface area (Å²) in [5.74, 6) is 0.665. The number of nitrogens with zero attached hydrogens (tertiary/aromatic N) is 3. The highest BCUT2D eigenvalue weighted by atomic mass is 79.9. The number of benzene rings is 1. The van der Waals surface area contributed by atoms with Gasteiger partial charge in [0.25, 0.3) is 0 Å². The first-order valence-electron chi connectivity index (χ1n) is 6.27. The number of imidazole rings is 1. The first kappa shape index (κ1) is 15.4. The van der Waals surface area contributed by atoms with Gasteiger partial charge in [0.2, 0.25) is 6.79 Å². The van der Waals surface area contributed by atoms with Gasteiger partial charge in [-0.25, -0.2) is 9.78 Å². The lowest BCUT2D eigenvalue weighted by Gasteiger charge is -2.14. The molecule has 2 aromatic rings. The number of ether oxygens (including phenoxy) is 2. The van der Waals surface area contributed by atoms with Crippen LogP contribution in [0.4, 0.5) is 4.79 Å². The van der Waals surface area contributed by atoms with Gasteiger partial charge in [-0.15, -0.1) is 0 Å². The number of halogens is 1. The van der Waals surface area contributed by atoms with Crippen LogP contribution in [0.2, 0.25) is 0 Å². The van der Waals surface area contributed by atoms with Crippen molar-refractivity contribution in [2.75, 3.05) is 20.9 Å². The van der Waals surface area contributed by atoms with Gasteiger partial charge in [0, 0.05) is 36.5 Å². The van der Waals surface area contributed by atoms with Crippen molar-refractivity contribution in [1.82, 2.24) is 14.5 Å². The van der Waals surface area contributed by atoms with E-state index in [0.29, 0.717) is 12.3 Å². The standard InChI is InChI=1S/C14H16BrN3O3/c1-17(2)14(19)21-10-20-13-4-3-12(15)7-11(13)8-18-6-5-16-9-18/h3-7,9H,8,10H2,1-2H3. The lowest BCUT2D eigenvalue weighted by atomic mass is 10.2. The molecule has 21 heavy (non-hydrogen) atoms. The number of carbonyl (C=O) groups is 1. The van der Waals surface area contributed by atoms with Crippen LogP contribution in [0.1, 0.15) is 5.56 Å². The normalized spacial score (nSPS) is 10.2. The molecule has 0 saturated heterocycles. The fourth-order valence-corrected chi connectivity index (χ4v) is 2.07. The van der Waals surface area contributed by atoms with Crippen LogP contribution in [0.25, 0.3) is 0 Å². The fourth-order valence-electron chi connectivity index (χ4n) is 1.66. The number of hydrogen-bond acceptors (Lipinski definition) is 4. The Morgan fingerprint density at radius 3 is 2.90 bits per heavy atom. The maximum Gasteiger partial charge on any atom is 0.412 e. The smallest absolute Gasteiger partial charge is 0.412 e. The second-order valence-electron chi connectivity index (χ2n) is 4.55. The number of aromatic nitrogens is 2. The number of amides is 1. The SMILES string of the molecule is CN(C)C(=O)OCOc1ccc(Br)cc1Cn1ccnc1. The molecule has 0 saturated carbocycles.